The summed E-state index contributed by atoms with van der Waals surface area (Å²) in [6.07, 6.45) is 10.8. The minimum absolute atomic E-state index is 0.151. The number of likely N-dealkylation sites (tertiary alicyclic amines) is 1. The average molecular weight is 397 g/mol. The van der Waals surface area contributed by atoms with Crippen LogP contribution in [-0.4, -0.2) is 49.2 Å². The number of benzene rings is 1. The van der Waals surface area contributed by atoms with Crippen molar-refractivity contribution >= 4 is 11.6 Å². The molecule has 0 bridgehead atoms. The molecular formula is C25H36N2O2. The number of amides is 1. The van der Waals surface area contributed by atoms with Gasteiger partial charge < -0.3 is 9.64 Å². The Balaban J connectivity index is 1.21. The summed E-state index contributed by atoms with van der Waals surface area (Å²) < 4.78 is 5.50. The van der Waals surface area contributed by atoms with Crippen molar-refractivity contribution < 1.29 is 9.53 Å². The van der Waals surface area contributed by atoms with Crippen LogP contribution in [0, 0.1) is 5.41 Å². The summed E-state index contributed by atoms with van der Waals surface area (Å²) in [6, 6.07) is 10.6. The molecule has 1 aromatic carbocycles. The SMILES string of the molecule is C[C@H]1CCCN1C1CCC(c2ccc(N3CCC4(CCOCC4)C3=O)cc2)CC1. The third-order valence-corrected chi connectivity index (χ3v) is 8.41. The Bertz CT molecular complexity index is 717. The maximum atomic E-state index is 13.1. The number of hydrogen-bond acceptors (Lipinski definition) is 3. The molecule has 5 rings (SSSR count). The fourth-order valence-electron chi connectivity index (χ4n) is 6.46. The van der Waals surface area contributed by atoms with Gasteiger partial charge in [-0.05, 0) is 94.9 Å². The molecule has 29 heavy (non-hydrogen) atoms. The third-order valence-electron chi connectivity index (χ3n) is 8.41. The summed E-state index contributed by atoms with van der Waals surface area (Å²) in [5.41, 5.74) is 2.40. The Hall–Kier alpha value is -1.39. The second kappa shape index (κ2) is 8.03. The zero-order chi connectivity index (χ0) is 19.8. The molecule has 3 saturated heterocycles. The molecule has 3 aliphatic heterocycles. The number of rotatable bonds is 3. The van der Waals surface area contributed by atoms with E-state index in [1.807, 2.05) is 4.90 Å². The maximum Gasteiger partial charge on any atom is 0.233 e. The van der Waals surface area contributed by atoms with Crippen LogP contribution in [-0.2, 0) is 9.53 Å². The minimum Gasteiger partial charge on any atom is -0.381 e. The van der Waals surface area contributed by atoms with Crippen molar-refractivity contribution in [1.82, 2.24) is 4.90 Å². The van der Waals surface area contributed by atoms with E-state index in [0.29, 0.717) is 11.8 Å². The number of hydrogen-bond donors (Lipinski definition) is 0. The molecule has 1 atom stereocenters. The van der Waals surface area contributed by atoms with Gasteiger partial charge in [-0.15, -0.1) is 0 Å². The zero-order valence-electron chi connectivity index (χ0n) is 17.9. The van der Waals surface area contributed by atoms with E-state index >= 15 is 0 Å². The largest absolute Gasteiger partial charge is 0.381 e. The molecule has 1 saturated carbocycles. The van der Waals surface area contributed by atoms with Gasteiger partial charge in [-0.2, -0.15) is 0 Å². The topological polar surface area (TPSA) is 32.8 Å². The van der Waals surface area contributed by atoms with Gasteiger partial charge in [0, 0.05) is 37.5 Å². The molecule has 1 spiro atoms. The van der Waals surface area contributed by atoms with Crippen LogP contribution in [0.2, 0.25) is 0 Å². The first kappa shape index (κ1) is 19.6. The highest BCUT2D eigenvalue weighted by molar-refractivity contribution is 5.99. The van der Waals surface area contributed by atoms with Crippen molar-refractivity contribution in [2.45, 2.75) is 82.7 Å². The Morgan fingerprint density at radius 3 is 2.31 bits per heavy atom. The van der Waals surface area contributed by atoms with Gasteiger partial charge in [0.05, 0.1) is 5.41 Å². The van der Waals surface area contributed by atoms with Crippen LogP contribution in [0.15, 0.2) is 24.3 Å². The molecule has 4 aliphatic rings. The number of carbonyl (C=O) groups excluding carboxylic acids is 1. The van der Waals surface area contributed by atoms with Crippen LogP contribution in [0.4, 0.5) is 5.69 Å². The van der Waals surface area contributed by atoms with Crippen molar-refractivity contribution in [3.63, 3.8) is 0 Å². The van der Waals surface area contributed by atoms with E-state index in [4.69, 9.17) is 4.74 Å². The van der Waals surface area contributed by atoms with Gasteiger partial charge in [0.1, 0.15) is 0 Å². The number of ether oxygens (including phenoxy) is 1. The summed E-state index contributed by atoms with van der Waals surface area (Å²) in [7, 11) is 0. The molecule has 1 aromatic rings. The lowest BCUT2D eigenvalue weighted by Gasteiger charge is -2.37. The molecule has 0 unspecified atom stereocenters. The van der Waals surface area contributed by atoms with Gasteiger partial charge in [0.25, 0.3) is 0 Å². The first-order chi connectivity index (χ1) is 14.2. The van der Waals surface area contributed by atoms with Crippen molar-refractivity contribution in [3.05, 3.63) is 29.8 Å². The van der Waals surface area contributed by atoms with Crippen LogP contribution in [0.5, 0.6) is 0 Å². The lowest BCUT2D eigenvalue weighted by atomic mass is 9.79. The van der Waals surface area contributed by atoms with Gasteiger partial charge in [-0.3, -0.25) is 9.69 Å². The predicted molar refractivity (Wildman–Crippen MR) is 116 cm³/mol. The van der Waals surface area contributed by atoms with Gasteiger partial charge in [-0.1, -0.05) is 12.1 Å². The van der Waals surface area contributed by atoms with Gasteiger partial charge >= 0.3 is 0 Å². The van der Waals surface area contributed by atoms with E-state index in [1.54, 1.807) is 0 Å². The van der Waals surface area contributed by atoms with E-state index < -0.39 is 0 Å². The van der Waals surface area contributed by atoms with Crippen molar-refractivity contribution in [2.75, 3.05) is 31.2 Å². The molecule has 0 N–H and O–H groups in total. The molecule has 0 aromatic heterocycles. The standard InChI is InChI=1S/C25H36N2O2/c1-19-3-2-15-26(19)22-8-4-20(5-9-22)21-6-10-23(11-7-21)27-16-12-25(24(27)28)13-17-29-18-14-25/h6-7,10-11,19-20,22H,2-5,8-9,12-18H2,1H3/t19-,20?,22?/m0/s1. The highest BCUT2D eigenvalue weighted by Crippen LogP contribution is 2.43. The molecule has 4 nitrogen and oxygen atoms in total. The van der Waals surface area contributed by atoms with Crippen LogP contribution in [0.25, 0.3) is 0 Å². The highest BCUT2D eigenvalue weighted by atomic mass is 16.5. The van der Waals surface area contributed by atoms with Crippen molar-refractivity contribution in [1.29, 1.82) is 0 Å². The van der Waals surface area contributed by atoms with E-state index in [0.717, 1.165) is 56.8 Å². The Labute approximate surface area is 175 Å². The smallest absolute Gasteiger partial charge is 0.233 e. The van der Waals surface area contributed by atoms with Crippen LogP contribution in [0.1, 0.15) is 76.2 Å². The fraction of sp³-hybridized carbons (Fsp3) is 0.720. The number of nitrogens with zero attached hydrogens (tertiary/aromatic N) is 2. The molecular weight excluding hydrogens is 360 g/mol. The van der Waals surface area contributed by atoms with Gasteiger partial charge in [0.2, 0.25) is 5.91 Å². The first-order valence-corrected chi connectivity index (χ1v) is 11.9. The molecule has 1 aliphatic carbocycles. The van der Waals surface area contributed by atoms with E-state index in [-0.39, 0.29) is 5.41 Å². The van der Waals surface area contributed by atoms with Crippen LogP contribution in [0.3, 0.4) is 0 Å². The normalized spacial score (nSPS) is 32.9. The Morgan fingerprint density at radius 2 is 1.66 bits per heavy atom. The van der Waals surface area contributed by atoms with Crippen molar-refractivity contribution in [2.24, 2.45) is 5.41 Å². The van der Waals surface area contributed by atoms with Gasteiger partial charge in [0.15, 0.2) is 0 Å². The van der Waals surface area contributed by atoms with E-state index in [1.165, 1.54) is 50.6 Å². The molecule has 1 amide bonds. The summed E-state index contributed by atoms with van der Waals surface area (Å²) >= 11 is 0. The average Bonchev–Trinajstić information content (AvgIpc) is 3.33. The predicted octanol–water partition coefficient (Wildman–Crippen LogP) is 4.73. The Morgan fingerprint density at radius 1 is 0.931 bits per heavy atom. The van der Waals surface area contributed by atoms with Crippen molar-refractivity contribution in [3.8, 4) is 0 Å². The molecule has 0 radical (unpaired) electrons. The number of anilines is 1. The third kappa shape index (κ3) is 3.63. The summed E-state index contributed by atoms with van der Waals surface area (Å²) in [5, 5.41) is 0. The first-order valence-electron chi connectivity index (χ1n) is 11.9. The lowest BCUT2D eigenvalue weighted by Crippen LogP contribution is -2.39. The zero-order valence-corrected chi connectivity index (χ0v) is 17.9. The van der Waals surface area contributed by atoms with Crippen LogP contribution >= 0.6 is 0 Å². The maximum absolute atomic E-state index is 13.1. The van der Waals surface area contributed by atoms with Gasteiger partial charge in [-0.25, -0.2) is 0 Å². The summed E-state index contributed by atoms with van der Waals surface area (Å²) in [5.74, 6) is 1.02. The molecule has 158 valence electrons. The molecule has 4 heteroatoms. The second-order valence-electron chi connectivity index (χ2n) is 9.93. The summed E-state index contributed by atoms with van der Waals surface area (Å²) in [4.78, 5) is 17.9. The van der Waals surface area contributed by atoms with Crippen LogP contribution < -0.4 is 4.90 Å². The fourth-order valence-corrected chi connectivity index (χ4v) is 6.46. The van der Waals surface area contributed by atoms with E-state index in [9.17, 15) is 4.79 Å². The highest BCUT2D eigenvalue weighted by Gasteiger charge is 2.47. The quantitative estimate of drug-likeness (QED) is 0.740. The minimum atomic E-state index is -0.151. The number of carbonyl (C=O) groups is 1. The van der Waals surface area contributed by atoms with E-state index in [2.05, 4.69) is 36.1 Å². The monoisotopic (exact) mass is 396 g/mol. The second-order valence-corrected chi connectivity index (χ2v) is 9.93. The molecule has 4 fully saturated rings. The molecule has 3 heterocycles. The summed E-state index contributed by atoms with van der Waals surface area (Å²) in [6.45, 7) is 6.04. The lowest BCUT2D eigenvalue weighted by molar-refractivity contribution is -0.130. The Kier molecular flexibility index (Phi) is 5.42.